The molecule has 0 fully saturated rings. The SMILES string of the molecule is CCCCCCCCCCCCCCCCCCCCC(=O)OC[C@H](COP(=O)(O)OC[C@@H](O)COP(=O)(O)OC[C@@H](COC(=O)CCCCCCCCCCCCCC)OC(=O)CCCCCCCCCCCCCC(C)C)OC(=O)CCCCCCCCCCCCCCCCCC(C)C. The van der Waals surface area contributed by atoms with Crippen molar-refractivity contribution in [3.8, 4) is 0 Å². The zero-order chi connectivity index (χ0) is 74.9. The third-order valence-corrected chi connectivity index (χ3v) is 21.4. The third-order valence-electron chi connectivity index (χ3n) is 19.5. The fourth-order valence-corrected chi connectivity index (χ4v) is 14.5. The Morgan fingerprint density at radius 3 is 0.667 bits per heavy atom. The minimum absolute atomic E-state index is 0.107. The highest BCUT2D eigenvalue weighted by molar-refractivity contribution is 7.47. The van der Waals surface area contributed by atoms with Gasteiger partial charge in [-0.3, -0.25) is 37.3 Å². The van der Waals surface area contributed by atoms with E-state index in [1.165, 1.54) is 257 Å². The van der Waals surface area contributed by atoms with Crippen LogP contribution in [0.3, 0.4) is 0 Å². The Balaban J connectivity index is 5.26. The van der Waals surface area contributed by atoms with Gasteiger partial charge in [0.25, 0.3) is 0 Å². The van der Waals surface area contributed by atoms with Crippen LogP contribution in [0.1, 0.15) is 440 Å². The molecule has 19 heteroatoms. The number of phosphoric acid groups is 2. The Labute approximate surface area is 626 Å². The molecule has 606 valence electrons. The van der Waals surface area contributed by atoms with E-state index in [0.29, 0.717) is 25.7 Å². The van der Waals surface area contributed by atoms with Crippen molar-refractivity contribution in [2.75, 3.05) is 39.6 Å². The predicted molar refractivity (Wildman–Crippen MR) is 418 cm³/mol. The Morgan fingerprint density at radius 2 is 0.451 bits per heavy atom. The molecule has 0 bridgehead atoms. The molecule has 5 atom stereocenters. The minimum atomic E-state index is -4.96. The number of esters is 4. The second-order valence-electron chi connectivity index (χ2n) is 30.8. The Morgan fingerprint density at radius 1 is 0.265 bits per heavy atom. The topological polar surface area (TPSA) is 237 Å². The van der Waals surface area contributed by atoms with E-state index in [1.54, 1.807) is 0 Å². The van der Waals surface area contributed by atoms with E-state index in [-0.39, 0.29) is 25.7 Å². The van der Waals surface area contributed by atoms with Gasteiger partial charge in [-0.2, -0.15) is 0 Å². The number of carbonyl (C=O) groups excluding carboxylic acids is 4. The van der Waals surface area contributed by atoms with Crippen LogP contribution in [-0.4, -0.2) is 96.7 Å². The second kappa shape index (κ2) is 74.5. The summed E-state index contributed by atoms with van der Waals surface area (Å²) in [4.78, 5) is 73.1. The molecular formula is C83H162O17P2. The van der Waals surface area contributed by atoms with Gasteiger partial charge < -0.3 is 33.8 Å². The van der Waals surface area contributed by atoms with Crippen LogP contribution in [0.2, 0.25) is 0 Å². The molecule has 2 unspecified atom stereocenters. The lowest BCUT2D eigenvalue weighted by Crippen LogP contribution is -2.30. The molecule has 0 saturated heterocycles. The summed E-state index contributed by atoms with van der Waals surface area (Å²) in [6, 6.07) is 0. The molecule has 102 heavy (non-hydrogen) atoms. The minimum Gasteiger partial charge on any atom is -0.462 e. The number of carbonyl (C=O) groups is 4. The van der Waals surface area contributed by atoms with Gasteiger partial charge in [-0.15, -0.1) is 0 Å². The quantitative estimate of drug-likeness (QED) is 0.0222. The largest absolute Gasteiger partial charge is 0.472 e. The summed E-state index contributed by atoms with van der Waals surface area (Å²) in [5, 5.41) is 10.7. The third kappa shape index (κ3) is 76.3. The molecule has 0 amide bonds. The average molecular weight is 1490 g/mol. The molecule has 0 spiro atoms. The highest BCUT2D eigenvalue weighted by Crippen LogP contribution is 2.45. The number of unbranched alkanes of at least 4 members (excludes halogenated alkanes) is 52. The standard InChI is InChI=1S/C83H162O17P2/c1-7-9-11-13-15-17-19-21-22-23-24-27-30-36-42-48-54-60-66-81(86)94-72-78(99-82(87)67-61-55-49-43-37-31-28-25-26-29-33-39-45-51-57-63-75(3)4)73-97-101(89,90)95-69-77(84)70-96-102(91,92)98-74-79(71-93-80(85)65-59-53-47-41-35-20-18-16-14-12-10-8-2)100-83(88)68-62-56-50-44-38-32-34-40-46-52-58-64-76(5)6/h75-79,84H,7-74H2,1-6H3,(H,89,90)(H,91,92)/t77-,78-,79-/m1/s1. The molecule has 0 radical (unpaired) electrons. The monoisotopic (exact) mass is 1490 g/mol. The van der Waals surface area contributed by atoms with E-state index >= 15 is 0 Å². The van der Waals surface area contributed by atoms with E-state index in [1.807, 2.05) is 0 Å². The van der Waals surface area contributed by atoms with E-state index in [4.69, 9.17) is 37.0 Å². The van der Waals surface area contributed by atoms with E-state index in [2.05, 4.69) is 41.5 Å². The fourth-order valence-electron chi connectivity index (χ4n) is 12.9. The molecule has 0 saturated carbocycles. The van der Waals surface area contributed by atoms with Crippen LogP contribution in [0.25, 0.3) is 0 Å². The molecule has 17 nitrogen and oxygen atoms in total. The lowest BCUT2D eigenvalue weighted by atomic mass is 10.0. The average Bonchev–Trinajstić information content (AvgIpc) is 0.918. The first-order chi connectivity index (χ1) is 49.4. The van der Waals surface area contributed by atoms with Crippen LogP contribution in [0, 0.1) is 11.8 Å². The first kappa shape index (κ1) is 100. The molecule has 0 aliphatic heterocycles. The number of hydrogen-bond donors (Lipinski definition) is 3. The molecule has 0 aliphatic carbocycles. The number of ether oxygens (including phenoxy) is 4. The van der Waals surface area contributed by atoms with Crippen molar-refractivity contribution in [2.45, 2.75) is 458 Å². The van der Waals surface area contributed by atoms with E-state index < -0.39 is 97.5 Å². The van der Waals surface area contributed by atoms with Gasteiger partial charge >= 0.3 is 39.5 Å². The van der Waals surface area contributed by atoms with Crippen molar-refractivity contribution in [1.82, 2.24) is 0 Å². The van der Waals surface area contributed by atoms with Gasteiger partial charge in [-0.1, -0.05) is 388 Å². The first-order valence-corrected chi connectivity index (χ1v) is 46.0. The van der Waals surface area contributed by atoms with Crippen molar-refractivity contribution in [3.63, 3.8) is 0 Å². The first-order valence-electron chi connectivity index (χ1n) is 43.0. The van der Waals surface area contributed by atoms with E-state index in [0.717, 1.165) is 102 Å². The maximum atomic E-state index is 13.1. The van der Waals surface area contributed by atoms with Crippen LogP contribution in [0.15, 0.2) is 0 Å². The highest BCUT2D eigenvalue weighted by atomic mass is 31.2. The molecule has 3 N–H and O–H groups in total. The van der Waals surface area contributed by atoms with Gasteiger partial charge in [-0.05, 0) is 37.5 Å². The smallest absolute Gasteiger partial charge is 0.462 e. The Bertz CT molecular complexity index is 1960. The van der Waals surface area contributed by atoms with Crippen LogP contribution in [-0.2, 0) is 65.4 Å². The molecule has 0 aromatic heterocycles. The van der Waals surface area contributed by atoms with Crippen molar-refractivity contribution in [3.05, 3.63) is 0 Å². The Kier molecular flexibility index (Phi) is 73.1. The number of aliphatic hydroxyl groups excluding tert-OH is 1. The van der Waals surface area contributed by atoms with Gasteiger partial charge in [0.2, 0.25) is 0 Å². The van der Waals surface area contributed by atoms with Gasteiger partial charge in [-0.25, -0.2) is 9.13 Å². The van der Waals surface area contributed by atoms with E-state index in [9.17, 15) is 43.2 Å². The second-order valence-corrected chi connectivity index (χ2v) is 33.7. The number of phosphoric ester groups is 2. The van der Waals surface area contributed by atoms with Gasteiger partial charge in [0, 0.05) is 25.7 Å². The molecule has 0 aromatic rings. The summed E-state index contributed by atoms with van der Waals surface area (Å²) in [6.45, 7) is 9.68. The number of rotatable bonds is 82. The van der Waals surface area contributed by atoms with Gasteiger partial charge in [0.15, 0.2) is 12.2 Å². The van der Waals surface area contributed by atoms with Crippen LogP contribution >= 0.6 is 15.6 Å². The highest BCUT2D eigenvalue weighted by Gasteiger charge is 2.30. The normalized spacial score (nSPS) is 13.9. The fraction of sp³-hybridized carbons (Fsp3) is 0.952. The molecular weight excluding hydrogens is 1330 g/mol. The van der Waals surface area contributed by atoms with Crippen molar-refractivity contribution >= 4 is 39.5 Å². The summed E-state index contributed by atoms with van der Waals surface area (Å²) < 4.78 is 68.8. The van der Waals surface area contributed by atoms with Gasteiger partial charge in [0.05, 0.1) is 26.4 Å². The molecule has 0 aromatic carbocycles. The molecule has 0 heterocycles. The summed E-state index contributed by atoms with van der Waals surface area (Å²) in [7, 11) is -9.92. The van der Waals surface area contributed by atoms with Crippen molar-refractivity contribution in [2.24, 2.45) is 11.8 Å². The number of hydrogen-bond acceptors (Lipinski definition) is 15. The maximum absolute atomic E-state index is 13.1. The lowest BCUT2D eigenvalue weighted by Gasteiger charge is -2.21. The summed E-state index contributed by atoms with van der Waals surface area (Å²) in [6.07, 6.45) is 65.1. The van der Waals surface area contributed by atoms with Crippen LogP contribution in [0.5, 0.6) is 0 Å². The summed E-state index contributed by atoms with van der Waals surface area (Å²) in [5.74, 6) is -0.536. The van der Waals surface area contributed by atoms with Crippen LogP contribution < -0.4 is 0 Å². The Hall–Kier alpha value is -1.94. The van der Waals surface area contributed by atoms with Crippen molar-refractivity contribution < 1.29 is 80.2 Å². The summed E-state index contributed by atoms with van der Waals surface area (Å²) in [5.41, 5.74) is 0. The van der Waals surface area contributed by atoms with Crippen molar-refractivity contribution in [1.29, 1.82) is 0 Å². The predicted octanol–water partition coefficient (Wildman–Crippen LogP) is 25.1. The van der Waals surface area contributed by atoms with Crippen LogP contribution in [0.4, 0.5) is 0 Å². The molecule has 0 aliphatic rings. The zero-order valence-corrected chi connectivity index (χ0v) is 68.7. The summed E-state index contributed by atoms with van der Waals surface area (Å²) >= 11 is 0. The zero-order valence-electron chi connectivity index (χ0n) is 66.9. The van der Waals surface area contributed by atoms with Gasteiger partial charge in [0.1, 0.15) is 19.3 Å². The maximum Gasteiger partial charge on any atom is 0.472 e. The number of aliphatic hydroxyl groups is 1. The molecule has 0 rings (SSSR count). The lowest BCUT2D eigenvalue weighted by molar-refractivity contribution is -0.161.